The molecule has 0 aromatic heterocycles. The highest BCUT2D eigenvalue weighted by Crippen LogP contribution is 2.35. The van der Waals surface area contributed by atoms with Gasteiger partial charge in [-0.25, -0.2) is 0 Å². The Hall–Kier alpha value is -1.62. The van der Waals surface area contributed by atoms with Crippen molar-refractivity contribution in [3.05, 3.63) is 23.4 Å². The fourth-order valence-electron chi connectivity index (χ4n) is 2.20. The first-order valence-electron chi connectivity index (χ1n) is 5.22. The van der Waals surface area contributed by atoms with Crippen molar-refractivity contribution in [1.29, 1.82) is 0 Å². The Morgan fingerprint density at radius 1 is 1.56 bits per heavy atom. The van der Waals surface area contributed by atoms with Crippen LogP contribution in [0.5, 0.6) is 0 Å². The predicted molar refractivity (Wildman–Crippen MR) is 57.1 cm³/mol. The van der Waals surface area contributed by atoms with Gasteiger partial charge in [0.2, 0.25) is 0 Å². The number of nitrogens with two attached hydrogens (primary N) is 1. The Morgan fingerprint density at radius 3 is 3.06 bits per heavy atom. The van der Waals surface area contributed by atoms with Crippen LogP contribution < -0.4 is 5.73 Å². The van der Waals surface area contributed by atoms with E-state index in [-0.39, 0.29) is 18.8 Å². The second-order valence-electron chi connectivity index (χ2n) is 3.89. The summed E-state index contributed by atoms with van der Waals surface area (Å²) in [6, 6.07) is 0.0202. The van der Waals surface area contributed by atoms with Crippen molar-refractivity contribution in [3.63, 3.8) is 0 Å². The van der Waals surface area contributed by atoms with Crippen LogP contribution in [-0.2, 0) is 14.3 Å². The molecule has 0 bridgehead atoms. The summed E-state index contributed by atoms with van der Waals surface area (Å²) in [5, 5.41) is 0. The number of fused-ring (bicyclic) bond motifs is 1. The number of likely N-dealkylation sites (tertiary alicyclic amines) is 1. The maximum atomic E-state index is 10.6. The smallest absolute Gasteiger partial charge is 0.295 e. The molecule has 1 aliphatic heterocycles. The average Bonchev–Trinajstić information content (AvgIpc) is 2.57. The van der Waals surface area contributed by atoms with Crippen molar-refractivity contribution >= 4 is 12.8 Å². The lowest BCUT2D eigenvalue weighted by molar-refractivity contribution is -0.140. The fourth-order valence-corrected chi connectivity index (χ4v) is 2.20. The lowest BCUT2D eigenvalue weighted by Crippen LogP contribution is -2.32. The molecule has 2 aliphatic rings. The molecule has 5 heteroatoms. The molecule has 86 valence electrons. The molecule has 0 amide bonds. The van der Waals surface area contributed by atoms with E-state index in [0.717, 1.165) is 24.0 Å². The topological polar surface area (TPSA) is 72.6 Å². The monoisotopic (exact) mass is 222 g/mol. The number of rotatable bonds is 4. The van der Waals surface area contributed by atoms with Crippen molar-refractivity contribution in [2.75, 3.05) is 6.54 Å². The molecule has 1 heterocycles. The van der Waals surface area contributed by atoms with Gasteiger partial charge in [-0.05, 0) is 12.0 Å². The van der Waals surface area contributed by atoms with Gasteiger partial charge in [-0.1, -0.05) is 12.2 Å². The van der Waals surface area contributed by atoms with E-state index in [1.165, 1.54) is 0 Å². The number of hydrogen-bond acceptors (Lipinski definition) is 5. The highest BCUT2D eigenvalue weighted by atomic mass is 16.5. The summed E-state index contributed by atoms with van der Waals surface area (Å²) in [6.45, 7) is 0.651. The highest BCUT2D eigenvalue weighted by molar-refractivity contribution is 5.55. The molecule has 0 radical (unpaired) electrons. The normalized spacial score (nSPS) is 27.9. The Labute approximate surface area is 93.5 Å². The van der Waals surface area contributed by atoms with Gasteiger partial charge in [0.1, 0.15) is 6.29 Å². The molecule has 16 heavy (non-hydrogen) atoms. The number of carbonyl (C=O) groups is 2. The van der Waals surface area contributed by atoms with E-state index in [0.29, 0.717) is 12.9 Å². The minimum absolute atomic E-state index is 0.0202. The minimum atomic E-state index is -0.370. The molecule has 1 fully saturated rings. The zero-order valence-corrected chi connectivity index (χ0v) is 8.83. The van der Waals surface area contributed by atoms with Crippen LogP contribution in [0.4, 0.5) is 0 Å². The van der Waals surface area contributed by atoms with Crippen LogP contribution in [-0.4, -0.2) is 36.5 Å². The summed E-state index contributed by atoms with van der Waals surface area (Å²) in [4.78, 5) is 22.8. The van der Waals surface area contributed by atoms with E-state index in [9.17, 15) is 9.59 Å². The first kappa shape index (κ1) is 10.9. The van der Waals surface area contributed by atoms with Crippen molar-refractivity contribution in [3.8, 4) is 0 Å². The summed E-state index contributed by atoms with van der Waals surface area (Å²) in [7, 11) is 0. The van der Waals surface area contributed by atoms with Gasteiger partial charge in [-0.2, -0.15) is 0 Å². The lowest BCUT2D eigenvalue weighted by Gasteiger charge is -2.24. The van der Waals surface area contributed by atoms with Crippen molar-refractivity contribution < 1.29 is 14.3 Å². The third-order valence-corrected chi connectivity index (χ3v) is 2.86. The van der Waals surface area contributed by atoms with E-state index < -0.39 is 0 Å². The molecule has 2 N–H and O–H groups in total. The summed E-state index contributed by atoms with van der Waals surface area (Å²) in [5.74, 6) is 0. The molecule has 2 atom stereocenters. The number of nitrogens with zero attached hydrogens (tertiary/aromatic N) is 1. The van der Waals surface area contributed by atoms with Crippen LogP contribution in [0.1, 0.15) is 12.8 Å². The standard InChI is InChI=1S/C11H14N2O3/c12-9-1-2-10-8(5-9)6-11(16-7-15)13(10)3-4-14/h2,4-5,7,9,11H,1,3,6,12H2. The van der Waals surface area contributed by atoms with E-state index in [4.69, 9.17) is 10.5 Å². The van der Waals surface area contributed by atoms with Crippen LogP contribution in [0.2, 0.25) is 0 Å². The molecule has 1 saturated heterocycles. The number of ether oxygens (including phenoxy) is 1. The van der Waals surface area contributed by atoms with Crippen molar-refractivity contribution in [2.24, 2.45) is 5.73 Å². The first-order chi connectivity index (χ1) is 7.76. The maximum Gasteiger partial charge on any atom is 0.295 e. The van der Waals surface area contributed by atoms with Gasteiger partial charge >= 0.3 is 0 Å². The SMILES string of the molecule is NC1C=C2CC(OC=O)N(CC=O)C2=CC1. The van der Waals surface area contributed by atoms with Crippen LogP contribution in [0.15, 0.2) is 23.4 Å². The lowest BCUT2D eigenvalue weighted by atomic mass is 10.0. The van der Waals surface area contributed by atoms with Gasteiger partial charge in [-0.3, -0.25) is 4.79 Å². The molecular formula is C11H14N2O3. The highest BCUT2D eigenvalue weighted by Gasteiger charge is 2.34. The van der Waals surface area contributed by atoms with Crippen molar-refractivity contribution in [2.45, 2.75) is 25.1 Å². The van der Waals surface area contributed by atoms with E-state index in [2.05, 4.69) is 0 Å². The van der Waals surface area contributed by atoms with E-state index in [1.54, 1.807) is 4.90 Å². The van der Waals surface area contributed by atoms with Gasteiger partial charge in [0.25, 0.3) is 6.47 Å². The summed E-state index contributed by atoms with van der Waals surface area (Å²) in [6.07, 6.45) is 5.76. The van der Waals surface area contributed by atoms with Crippen LogP contribution >= 0.6 is 0 Å². The zero-order chi connectivity index (χ0) is 11.5. The predicted octanol–water partition coefficient (Wildman–Crippen LogP) is -0.0686. The van der Waals surface area contributed by atoms with Crippen LogP contribution in [0.25, 0.3) is 0 Å². The average molecular weight is 222 g/mol. The summed E-state index contributed by atoms with van der Waals surface area (Å²) in [5.41, 5.74) is 7.85. The van der Waals surface area contributed by atoms with Crippen LogP contribution in [0.3, 0.4) is 0 Å². The molecule has 0 aromatic carbocycles. The molecule has 1 aliphatic carbocycles. The van der Waals surface area contributed by atoms with Crippen LogP contribution in [0, 0.1) is 0 Å². The zero-order valence-electron chi connectivity index (χ0n) is 8.83. The molecule has 5 nitrogen and oxygen atoms in total. The molecule has 2 rings (SSSR count). The largest absolute Gasteiger partial charge is 0.443 e. The Kier molecular flexibility index (Phi) is 3.05. The Morgan fingerprint density at radius 2 is 2.38 bits per heavy atom. The Bertz CT molecular complexity index is 362. The third kappa shape index (κ3) is 1.86. The van der Waals surface area contributed by atoms with E-state index >= 15 is 0 Å². The van der Waals surface area contributed by atoms with E-state index in [1.807, 2.05) is 12.2 Å². The molecular weight excluding hydrogens is 208 g/mol. The number of allylic oxidation sites excluding steroid dienone is 1. The van der Waals surface area contributed by atoms with Gasteiger partial charge in [0.05, 0.1) is 6.54 Å². The minimum Gasteiger partial charge on any atom is -0.443 e. The second kappa shape index (κ2) is 4.49. The first-order valence-corrected chi connectivity index (χ1v) is 5.22. The van der Waals surface area contributed by atoms with Gasteiger partial charge < -0.3 is 20.2 Å². The Balaban J connectivity index is 2.23. The summed E-state index contributed by atoms with van der Waals surface area (Å²) >= 11 is 0. The molecule has 0 spiro atoms. The molecule has 0 saturated carbocycles. The number of aldehydes is 1. The summed E-state index contributed by atoms with van der Waals surface area (Å²) < 4.78 is 4.96. The fraction of sp³-hybridized carbons (Fsp3) is 0.455. The van der Waals surface area contributed by atoms with Gasteiger partial charge in [0, 0.05) is 18.2 Å². The number of carbonyl (C=O) groups excluding carboxylic acids is 2. The van der Waals surface area contributed by atoms with Crippen molar-refractivity contribution in [1.82, 2.24) is 4.90 Å². The quantitative estimate of drug-likeness (QED) is 0.674. The van der Waals surface area contributed by atoms with Gasteiger partial charge in [0.15, 0.2) is 6.23 Å². The third-order valence-electron chi connectivity index (χ3n) is 2.86. The number of hydrogen-bond donors (Lipinski definition) is 1. The maximum absolute atomic E-state index is 10.6. The molecule has 0 aromatic rings. The second-order valence-corrected chi connectivity index (χ2v) is 3.89. The van der Waals surface area contributed by atoms with Gasteiger partial charge in [-0.15, -0.1) is 0 Å². The molecule has 2 unspecified atom stereocenters.